The summed E-state index contributed by atoms with van der Waals surface area (Å²) in [7, 11) is 1.55. The average molecular weight is 291 g/mol. The van der Waals surface area contributed by atoms with Crippen molar-refractivity contribution in [3.8, 4) is 5.75 Å². The van der Waals surface area contributed by atoms with E-state index in [1.165, 1.54) is 6.92 Å². The van der Waals surface area contributed by atoms with Crippen molar-refractivity contribution in [2.24, 2.45) is 0 Å². The number of halogens is 1. The van der Waals surface area contributed by atoms with Crippen LogP contribution in [0.3, 0.4) is 0 Å². The fourth-order valence-electron chi connectivity index (χ4n) is 1.03. The summed E-state index contributed by atoms with van der Waals surface area (Å²) in [6, 6.07) is 3.42. The summed E-state index contributed by atoms with van der Waals surface area (Å²) in [6.45, 7) is 1.52. The number of carbonyl (C=O) groups is 1. The molecule has 4 heteroatoms. The Labute approximate surface area is 90.4 Å². The molecule has 1 aromatic carbocycles. The van der Waals surface area contributed by atoms with Gasteiger partial charge in [0, 0.05) is 5.56 Å². The zero-order valence-electron chi connectivity index (χ0n) is 7.43. The normalized spacial score (nSPS) is 9.77. The third-order valence-electron chi connectivity index (χ3n) is 1.74. The molecule has 0 fully saturated rings. The Kier molecular flexibility index (Phi) is 3.13. The van der Waals surface area contributed by atoms with E-state index in [1.807, 2.05) is 22.6 Å². The number of anilines is 1. The van der Waals surface area contributed by atoms with Gasteiger partial charge in [-0.15, -0.1) is 0 Å². The summed E-state index contributed by atoms with van der Waals surface area (Å²) in [5, 5.41) is 0. The molecule has 0 saturated carbocycles. The smallest absolute Gasteiger partial charge is 0.160 e. The second-order valence-corrected chi connectivity index (χ2v) is 3.68. The molecule has 0 saturated heterocycles. The first-order valence-electron chi connectivity index (χ1n) is 3.70. The molecular weight excluding hydrogens is 281 g/mol. The molecule has 2 N–H and O–H groups in total. The van der Waals surface area contributed by atoms with Gasteiger partial charge in [-0.05, 0) is 41.6 Å². The predicted octanol–water partition coefficient (Wildman–Crippen LogP) is 2.08. The van der Waals surface area contributed by atoms with Gasteiger partial charge < -0.3 is 10.5 Å². The standard InChI is InChI=1S/C9H10INO2/c1-5(12)6-3-4-7(13-2)9(11)8(6)10/h3-4H,11H2,1-2H3. The van der Waals surface area contributed by atoms with Gasteiger partial charge in [0.1, 0.15) is 5.75 Å². The summed E-state index contributed by atoms with van der Waals surface area (Å²) >= 11 is 2.04. The van der Waals surface area contributed by atoms with E-state index in [2.05, 4.69) is 0 Å². The maximum Gasteiger partial charge on any atom is 0.160 e. The summed E-state index contributed by atoms with van der Waals surface area (Å²) in [5.74, 6) is 0.619. The van der Waals surface area contributed by atoms with Crippen LogP contribution < -0.4 is 10.5 Å². The quantitative estimate of drug-likeness (QED) is 0.515. The Morgan fingerprint density at radius 3 is 2.62 bits per heavy atom. The Morgan fingerprint density at radius 1 is 1.54 bits per heavy atom. The maximum absolute atomic E-state index is 11.1. The minimum atomic E-state index is 0.0127. The van der Waals surface area contributed by atoms with E-state index in [9.17, 15) is 4.79 Å². The van der Waals surface area contributed by atoms with Crippen LogP contribution in [0.5, 0.6) is 5.75 Å². The molecule has 0 atom stereocenters. The molecule has 70 valence electrons. The Balaban J connectivity index is 3.31. The van der Waals surface area contributed by atoms with Gasteiger partial charge in [-0.3, -0.25) is 4.79 Å². The van der Waals surface area contributed by atoms with E-state index in [4.69, 9.17) is 10.5 Å². The first-order chi connectivity index (χ1) is 6.07. The van der Waals surface area contributed by atoms with E-state index in [1.54, 1.807) is 19.2 Å². The zero-order chi connectivity index (χ0) is 10.0. The van der Waals surface area contributed by atoms with Crippen LogP contribution in [0.15, 0.2) is 12.1 Å². The first kappa shape index (κ1) is 10.3. The summed E-state index contributed by atoms with van der Waals surface area (Å²) < 4.78 is 5.77. The highest BCUT2D eigenvalue weighted by molar-refractivity contribution is 14.1. The molecule has 0 aliphatic carbocycles. The number of nitrogens with two attached hydrogens (primary N) is 1. The highest BCUT2D eigenvalue weighted by Crippen LogP contribution is 2.29. The average Bonchev–Trinajstić information content (AvgIpc) is 2.09. The molecule has 1 rings (SSSR count). The van der Waals surface area contributed by atoms with Gasteiger partial charge in [-0.25, -0.2) is 0 Å². The number of ether oxygens (including phenoxy) is 1. The van der Waals surface area contributed by atoms with Gasteiger partial charge >= 0.3 is 0 Å². The SMILES string of the molecule is COc1ccc(C(C)=O)c(I)c1N. The van der Waals surface area contributed by atoms with Gasteiger partial charge in [0.15, 0.2) is 5.78 Å². The van der Waals surface area contributed by atoms with Crippen molar-refractivity contribution < 1.29 is 9.53 Å². The van der Waals surface area contributed by atoms with E-state index in [0.29, 0.717) is 17.0 Å². The lowest BCUT2D eigenvalue weighted by molar-refractivity contribution is 0.101. The number of carbonyl (C=O) groups excluding carboxylic acids is 1. The summed E-state index contributed by atoms with van der Waals surface area (Å²) in [4.78, 5) is 11.1. The molecule has 0 bridgehead atoms. The number of hydrogen-bond acceptors (Lipinski definition) is 3. The van der Waals surface area contributed by atoms with Crippen LogP contribution in [0.25, 0.3) is 0 Å². The minimum Gasteiger partial charge on any atom is -0.495 e. The molecule has 0 spiro atoms. The van der Waals surface area contributed by atoms with Crippen molar-refractivity contribution in [1.29, 1.82) is 0 Å². The van der Waals surface area contributed by atoms with Gasteiger partial charge in [0.05, 0.1) is 16.4 Å². The molecule has 13 heavy (non-hydrogen) atoms. The zero-order valence-corrected chi connectivity index (χ0v) is 9.58. The number of methoxy groups -OCH3 is 1. The van der Waals surface area contributed by atoms with Gasteiger partial charge in [-0.1, -0.05) is 0 Å². The first-order valence-corrected chi connectivity index (χ1v) is 4.78. The molecule has 0 aromatic heterocycles. The number of Topliss-reactive ketones (excluding diaryl/α,β-unsaturated/α-hetero) is 1. The van der Waals surface area contributed by atoms with Crippen molar-refractivity contribution in [2.45, 2.75) is 6.92 Å². The lowest BCUT2D eigenvalue weighted by atomic mass is 10.1. The lowest BCUT2D eigenvalue weighted by Crippen LogP contribution is -2.02. The highest BCUT2D eigenvalue weighted by atomic mass is 127. The monoisotopic (exact) mass is 291 g/mol. The number of rotatable bonds is 2. The highest BCUT2D eigenvalue weighted by Gasteiger charge is 2.11. The fourth-order valence-corrected chi connectivity index (χ4v) is 1.85. The van der Waals surface area contributed by atoms with Crippen LogP contribution >= 0.6 is 22.6 Å². The third-order valence-corrected chi connectivity index (χ3v) is 2.90. The van der Waals surface area contributed by atoms with Gasteiger partial charge in [0.2, 0.25) is 0 Å². The van der Waals surface area contributed by atoms with Crippen molar-refractivity contribution in [1.82, 2.24) is 0 Å². The van der Waals surface area contributed by atoms with Crippen LogP contribution in [-0.4, -0.2) is 12.9 Å². The van der Waals surface area contributed by atoms with E-state index in [0.717, 1.165) is 3.57 Å². The predicted molar refractivity (Wildman–Crippen MR) is 60.1 cm³/mol. The van der Waals surface area contributed by atoms with Gasteiger partial charge in [0.25, 0.3) is 0 Å². The van der Waals surface area contributed by atoms with Crippen LogP contribution in [-0.2, 0) is 0 Å². The molecular formula is C9H10INO2. The van der Waals surface area contributed by atoms with Crippen molar-refractivity contribution in [3.05, 3.63) is 21.3 Å². The lowest BCUT2D eigenvalue weighted by Gasteiger charge is -2.08. The fraction of sp³-hybridized carbons (Fsp3) is 0.222. The molecule has 1 aromatic rings. The topological polar surface area (TPSA) is 52.3 Å². The van der Waals surface area contributed by atoms with Crippen molar-refractivity contribution in [3.63, 3.8) is 0 Å². The summed E-state index contributed by atoms with van der Waals surface area (Å²) in [5.41, 5.74) is 6.91. The molecule has 0 heterocycles. The number of ketones is 1. The molecule has 0 aliphatic rings. The second kappa shape index (κ2) is 3.95. The van der Waals surface area contributed by atoms with Crippen molar-refractivity contribution in [2.75, 3.05) is 12.8 Å². The Hall–Kier alpha value is -0.780. The Bertz CT molecular complexity index is 350. The van der Waals surface area contributed by atoms with Crippen LogP contribution in [0, 0.1) is 3.57 Å². The minimum absolute atomic E-state index is 0.0127. The number of hydrogen-bond donors (Lipinski definition) is 1. The molecule has 3 nitrogen and oxygen atoms in total. The number of benzene rings is 1. The molecule has 0 amide bonds. The van der Waals surface area contributed by atoms with Crippen LogP contribution in [0.2, 0.25) is 0 Å². The maximum atomic E-state index is 11.1. The van der Waals surface area contributed by atoms with Gasteiger partial charge in [-0.2, -0.15) is 0 Å². The largest absolute Gasteiger partial charge is 0.495 e. The summed E-state index contributed by atoms with van der Waals surface area (Å²) in [6.07, 6.45) is 0. The third kappa shape index (κ3) is 1.93. The van der Waals surface area contributed by atoms with Crippen molar-refractivity contribution >= 4 is 34.1 Å². The van der Waals surface area contributed by atoms with Crippen LogP contribution in [0.4, 0.5) is 5.69 Å². The molecule has 0 aliphatic heterocycles. The van der Waals surface area contributed by atoms with E-state index >= 15 is 0 Å². The van der Waals surface area contributed by atoms with E-state index in [-0.39, 0.29) is 5.78 Å². The second-order valence-electron chi connectivity index (χ2n) is 2.60. The number of nitrogen functional groups attached to an aromatic ring is 1. The molecule has 0 radical (unpaired) electrons. The van der Waals surface area contributed by atoms with E-state index < -0.39 is 0 Å². The Morgan fingerprint density at radius 2 is 2.15 bits per heavy atom. The molecule has 0 unspecified atom stereocenters. The van der Waals surface area contributed by atoms with Crippen LogP contribution in [0.1, 0.15) is 17.3 Å².